The second-order valence-corrected chi connectivity index (χ2v) is 8.71. The molecule has 0 bridgehead atoms. The van der Waals surface area contributed by atoms with Gasteiger partial charge in [0.15, 0.2) is 5.69 Å². The molecule has 0 aliphatic rings. The predicted molar refractivity (Wildman–Crippen MR) is 125 cm³/mol. The summed E-state index contributed by atoms with van der Waals surface area (Å²) in [5, 5.41) is 17.1. The van der Waals surface area contributed by atoms with Crippen LogP contribution in [-0.4, -0.2) is 45.0 Å². The molecule has 2 aromatic heterocycles. The van der Waals surface area contributed by atoms with Crippen LogP contribution in [-0.2, 0) is 6.18 Å². The molecule has 0 aliphatic heterocycles. The molecular weight excluding hydrogens is 509 g/mol. The monoisotopic (exact) mass is 528 g/mol. The minimum Gasteiger partial charge on any atom is -0.395 e. The molecule has 2 heterocycles. The maximum absolute atomic E-state index is 13.1. The highest BCUT2D eigenvalue weighted by molar-refractivity contribution is 7.13. The summed E-state index contributed by atoms with van der Waals surface area (Å²) in [6, 6.07) is 2.89. The highest BCUT2D eigenvalue weighted by Crippen LogP contribution is 2.33. The molecule has 2 amide bonds. The number of nitrogens with zero attached hydrogens (tertiary/aromatic N) is 3. The molecule has 0 fully saturated rings. The summed E-state index contributed by atoms with van der Waals surface area (Å²) in [5.74, 6) is -1.06. The van der Waals surface area contributed by atoms with Crippen molar-refractivity contribution in [3.8, 4) is 0 Å². The molecule has 1 unspecified atom stereocenters. The van der Waals surface area contributed by atoms with E-state index < -0.39 is 29.6 Å². The van der Waals surface area contributed by atoms with Crippen molar-refractivity contribution in [2.75, 3.05) is 23.8 Å². The molecule has 4 N–H and O–H groups in total. The van der Waals surface area contributed by atoms with Crippen LogP contribution in [0.5, 0.6) is 0 Å². The molecule has 0 radical (unpaired) electrons. The van der Waals surface area contributed by atoms with Gasteiger partial charge in [-0.05, 0) is 31.5 Å². The molecule has 3 rings (SSSR count). The Labute approximate surface area is 206 Å². The van der Waals surface area contributed by atoms with Gasteiger partial charge in [0.25, 0.3) is 11.8 Å². The first-order chi connectivity index (χ1) is 16.5. The average Bonchev–Trinajstić information content (AvgIpc) is 3.29. The lowest BCUT2D eigenvalue weighted by Crippen LogP contribution is -2.28. The van der Waals surface area contributed by atoms with Crippen molar-refractivity contribution in [3.05, 3.63) is 62.5 Å². The van der Waals surface area contributed by atoms with E-state index in [1.54, 1.807) is 6.92 Å². The number of rotatable bonds is 8. The molecule has 1 aromatic carbocycles. The van der Waals surface area contributed by atoms with Crippen LogP contribution in [0.15, 0.2) is 30.7 Å². The molecular formula is C21H20ClF3N6O3S. The zero-order chi connectivity index (χ0) is 25.8. The van der Waals surface area contributed by atoms with Crippen LogP contribution in [0.4, 0.5) is 24.7 Å². The number of amides is 2. The number of anilines is 2. The Morgan fingerprint density at radius 1 is 1.20 bits per heavy atom. The number of hydrogen-bond acceptors (Lipinski definition) is 8. The number of alkyl halides is 3. The van der Waals surface area contributed by atoms with Crippen molar-refractivity contribution in [2.45, 2.75) is 26.1 Å². The molecule has 35 heavy (non-hydrogen) atoms. The topological polar surface area (TPSA) is 129 Å². The van der Waals surface area contributed by atoms with Gasteiger partial charge < -0.3 is 21.1 Å². The van der Waals surface area contributed by atoms with Crippen molar-refractivity contribution in [2.24, 2.45) is 0 Å². The first-order valence-electron chi connectivity index (χ1n) is 10.1. The minimum absolute atomic E-state index is 0.00626. The van der Waals surface area contributed by atoms with E-state index in [-0.39, 0.29) is 45.8 Å². The zero-order valence-corrected chi connectivity index (χ0v) is 20.0. The van der Waals surface area contributed by atoms with Gasteiger partial charge in [0, 0.05) is 12.2 Å². The summed E-state index contributed by atoms with van der Waals surface area (Å²) < 4.78 is 39.4. The number of aryl methyl sites for hydroxylation is 1. The molecule has 14 heteroatoms. The lowest BCUT2D eigenvalue weighted by atomic mass is 10.1. The average molecular weight is 529 g/mol. The van der Waals surface area contributed by atoms with Gasteiger partial charge in [-0.1, -0.05) is 17.7 Å². The molecule has 186 valence electrons. The number of halogens is 4. The number of aliphatic hydroxyl groups excluding tert-OH is 1. The Morgan fingerprint density at radius 3 is 2.63 bits per heavy atom. The Morgan fingerprint density at radius 2 is 1.94 bits per heavy atom. The summed E-state index contributed by atoms with van der Waals surface area (Å²) in [5.41, 5.74) is -0.897. The Hall–Kier alpha value is -3.29. The molecule has 3 aromatic rings. The summed E-state index contributed by atoms with van der Waals surface area (Å²) in [6.45, 7) is 2.99. The normalized spacial score (nSPS) is 12.2. The van der Waals surface area contributed by atoms with E-state index in [1.165, 1.54) is 25.3 Å². The van der Waals surface area contributed by atoms with Gasteiger partial charge in [-0.2, -0.15) is 13.2 Å². The molecule has 0 saturated heterocycles. The van der Waals surface area contributed by atoms with Gasteiger partial charge in [-0.25, -0.2) is 15.0 Å². The summed E-state index contributed by atoms with van der Waals surface area (Å²) in [4.78, 5) is 37.3. The maximum Gasteiger partial charge on any atom is 0.416 e. The third-order valence-corrected chi connectivity index (χ3v) is 6.21. The number of hydrogen-bond donors (Lipinski definition) is 4. The number of nitrogens with one attached hydrogen (secondary N) is 3. The van der Waals surface area contributed by atoms with Gasteiger partial charge in [0.1, 0.15) is 27.1 Å². The van der Waals surface area contributed by atoms with E-state index in [9.17, 15) is 22.8 Å². The van der Waals surface area contributed by atoms with Gasteiger partial charge in [0.2, 0.25) is 0 Å². The van der Waals surface area contributed by atoms with E-state index in [0.29, 0.717) is 5.01 Å². The van der Waals surface area contributed by atoms with E-state index in [4.69, 9.17) is 16.7 Å². The first-order valence-corrected chi connectivity index (χ1v) is 11.3. The minimum atomic E-state index is -4.54. The predicted octanol–water partition coefficient (Wildman–Crippen LogP) is 4.06. The summed E-state index contributed by atoms with van der Waals surface area (Å²) >= 11 is 7.15. The maximum atomic E-state index is 13.1. The Balaban J connectivity index is 1.69. The lowest BCUT2D eigenvalue weighted by molar-refractivity contribution is -0.138. The van der Waals surface area contributed by atoms with Crippen LogP contribution >= 0.6 is 22.9 Å². The number of aliphatic hydroxyl groups is 1. The van der Waals surface area contributed by atoms with Crippen LogP contribution in [0.25, 0.3) is 0 Å². The molecule has 0 spiro atoms. The number of carbonyl (C=O) groups excluding carboxylic acids is 2. The largest absolute Gasteiger partial charge is 0.416 e. The molecule has 0 aliphatic carbocycles. The van der Waals surface area contributed by atoms with Crippen molar-refractivity contribution in [3.63, 3.8) is 0 Å². The second-order valence-electron chi connectivity index (χ2n) is 7.27. The second kappa shape index (κ2) is 11.0. The number of thiazole rings is 1. The highest BCUT2D eigenvalue weighted by atomic mass is 35.5. The SMILES string of the molecule is Cc1ccc(NC(=O)c2cnc(C(C)NC(=O)c3ncnc(NCCO)c3Cl)s2)cc1C(F)(F)F. The number of aromatic nitrogens is 3. The van der Waals surface area contributed by atoms with Gasteiger partial charge >= 0.3 is 6.18 Å². The zero-order valence-electron chi connectivity index (χ0n) is 18.4. The van der Waals surface area contributed by atoms with Crippen LogP contribution in [0.1, 0.15) is 49.3 Å². The number of carbonyl (C=O) groups is 2. The van der Waals surface area contributed by atoms with Crippen molar-refractivity contribution >= 4 is 46.3 Å². The Bertz CT molecular complexity index is 1240. The summed E-state index contributed by atoms with van der Waals surface area (Å²) in [7, 11) is 0. The van der Waals surface area contributed by atoms with Crippen LogP contribution < -0.4 is 16.0 Å². The quantitative estimate of drug-likeness (QED) is 0.347. The van der Waals surface area contributed by atoms with E-state index in [1.807, 2.05) is 0 Å². The molecule has 9 nitrogen and oxygen atoms in total. The van der Waals surface area contributed by atoms with Crippen molar-refractivity contribution in [1.29, 1.82) is 0 Å². The number of benzene rings is 1. The van der Waals surface area contributed by atoms with Crippen LogP contribution in [0.3, 0.4) is 0 Å². The van der Waals surface area contributed by atoms with Gasteiger partial charge in [-0.3, -0.25) is 9.59 Å². The molecule has 0 saturated carbocycles. The van der Waals surface area contributed by atoms with Crippen molar-refractivity contribution < 1.29 is 27.9 Å². The van der Waals surface area contributed by atoms with E-state index in [0.717, 1.165) is 23.7 Å². The van der Waals surface area contributed by atoms with E-state index in [2.05, 4.69) is 30.9 Å². The first kappa shape index (κ1) is 26.3. The smallest absolute Gasteiger partial charge is 0.395 e. The third kappa shape index (κ3) is 6.44. The fourth-order valence-corrected chi connectivity index (χ4v) is 4.01. The van der Waals surface area contributed by atoms with Gasteiger partial charge in [0.05, 0.1) is 24.4 Å². The fourth-order valence-electron chi connectivity index (χ4n) is 2.94. The summed E-state index contributed by atoms with van der Waals surface area (Å²) in [6.07, 6.45) is -2.13. The molecule has 1 atom stereocenters. The van der Waals surface area contributed by atoms with Crippen LogP contribution in [0, 0.1) is 6.92 Å². The Kier molecular flexibility index (Phi) is 8.25. The third-order valence-electron chi connectivity index (χ3n) is 4.68. The van der Waals surface area contributed by atoms with Crippen LogP contribution in [0.2, 0.25) is 5.02 Å². The standard InChI is InChI=1S/C21H20ClF3N6O3S/c1-10-3-4-12(7-13(10)21(23,24)25)31-18(33)14-8-27-20(35-14)11(2)30-19(34)16-15(22)17(26-5-6-32)29-9-28-16/h3-4,7-9,11,32H,5-6H2,1-2H3,(H,30,34)(H,31,33)(H,26,28,29). The lowest BCUT2D eigenvalue weighted by Gasteiger charge is -2.13. The van der Waals surface area contributed by atoms with E-state index >= 15 is 0 Å². The van der Waals surface area contributed by atoms with Crippen molar-refractivity contribution in [1.82, 2.24) is 20.3 Å². The highest BCUT2D eigenvalue weighted by Gasteiger charge is 2.32. The fraction of sp³-hybridized carbons (Fsp3) is 0.286. The van der Waals surface area contributed by atoms with Gasteiger partial charge in [-0.15, -0.1) is 11.3 Å².